The lowest BCUT2D eigenvalue weighted by atomic mass is 10.1. The predicted molar refractivity (Wildman–Crippen MR) is 66.0 cm³/mol. The summed E-state index contributed by atoms with van der Waals surface area (Å²) in [6.45, 7) is 1.27. The van der Waals surface area contributed by atoms with Gasteiger partial charge in [0.2, 0.25) is 10.0 Å². The molecule has 1 aliphatic heterocycles. The van der Waals surface area contributed by atoms with Gasteiger partial charge in [-0.3, -0.25) is 0 Å². The molecule has 1 N–H and O–H groups in total. The monoisotopic (exact) mass is 255 g/mol. The number of nitrogens with one attached hydrogen (secondary N) is 1. The first kappa shape index (κ1) is 12.5. The molecule has 0 amide bonds. The molecule has 0 spiro atoms. The van der Waals surface area contributed by atoms with Crippen molar-refractivity contribution >= 4 is 10.0 Å². The molecule has 1 heterocycles. The first-order valence-corrected chi connectivity index (χ1v) is 7.43. The molecule has 1 aliphatic rings. The largest absolute Gasteiger partial charge is 0.381 e. The Labute approximate surface area is 102 Å². The fraction of sp³-hybridized carbons (Fsp3) is 0.500. The van der Waals surface area contributed by atoms with Gasteiger partial charge in [-0.2, -0.15) is 0 Å². The molecule has 1 aromatic carbocycles. The van der Waals surface area contributed by atoms with Gasteiger partial charge >= 0.3 is 0 Å². The fourth-order valence-corrected chi connectivity index (χ4v) is 3.36. The summed E-state index contributed by atoms with van der Waals surface area (Å²) in [5, 5.41) is 0. The maximum atomic E-state index is 11.9. The van der Waals surface area contributed by atoms with Crippen molar-refractivity contribution in [2.75, 3.05) is 13.2 Å². The zero-order valence-corrected chi connectivity index (χ0v) is 10.4. The molecule has 17 heavy (non-hydrogen) atoms. The molecule has 0 bridgehead atoms. The van der Waals surface area contributed by atoms with Gasteiger partial charge in [0.15, 0.2) is 0 Å². The molecule has 0 radical (unpaired) electrons. The highest BCUT2D eigenvalue weighted by Gasteiger charge is 2.20. The van der Waals surface area contributed by atoms with E-state index in [9.17, 15) is 8.42 Å². The van der Waals surface area contributed by atoms with Crippen LogP contribution in [0.4, 0.5) is 0 Å². The third-order valence-corrected chi connectivity index (χ3v) is 4.17. The van der Waals surface area contributed by atoms with Gasteiger partial charge in [0, 0.05) is 19.3 Å². The van der Waals surface area contributed by atoms with Crippen LogP contribution in [-0.2, 0) is 20.5 Å². The summed E-state index contributed by atoms with van der Waals surface area (Å²) in [5.74, 6) is 0.0468. The van der Waals surface area contributed by atoms with E-state index in [0.717, 1.165) is 18.4 Å². The van der Waals surface area contributed by atoms with E-state index in [1.165, 1.54) is 0 Å². The Kier molecular flexibility index (Phi) is 4.15. The van der Waals surface area contributed by atoms with Crippen LogP contribution in [0.3, 0.4) is 0 Å². The summed E-state index contributed by atoms with van der Waals surface area (Å²) in [7, 11) is -3.24. The van der Waals surface area contributed by atoms with Gasteiger partial charge in [-0.25, -0.2) is 13.1 Å². The van der Waals surface area contributed by atoms with Crippen molar-refractivity contribution in [1.29, 1.82) is 0 Å². The van der Waals surface area contributed by atoms with E-state index in [2.05, 4.69) is 4.72 Å². The van der Waals surface area contributed by atoms with Crippen LogP contribution in [0.1, 0.15) is 18.4 Å². The Balaban J connectivity index is 1.94. The molecule has 94 valence electrons. The molecule has 2 rings (SSSR count). The molecule has 0 aromatic heterocycles. The minimum Gasteiger partial charge on any atom is -0.381 e. The molecular weight excluding hydrogens is 238 g/mol. The quantitative estimate of drug-likeness (QED) is 0.882. The zero-order valence-electron chi connectivity index (χ0n) is 9.63. The van der Waals surface area contributed by atoms with Gasteiger partial charge in [0.25, 0.3) is 0 Å². The van der Waals surface area contributed by atoms with Crippen LogP contribution in [0, 0.1) is 0 Å². The van der Waals surface area contributed by atoms with Crippen molar-refractivity contribution < 1.29 is 13.2 Å². The summed E-state index contributed by atoms with van der Waals surface area (Å²) in [4.78, 5) is 0. The Morgan fingerprint density at radius 3 is 2.47 bits per heavy atom. The maximum Gasteiger partial charge on any atom is 0.216 e. The summed E-state index contributed by atoms with van der Waals surface area (Å²) < 4.78 is 31.8. The molecule has 1 aromatic rings. The normalized spacial score (nSPS) is 18.1. The first-order valence-electron chi connectivity index (χ1n) is 5.77. The second-order valence-corrected chi connectivity index (χ2v) is 6.00. The van der Waals surface area contributed by atoms with Crippen molar-refractivity contribution in [3.05, 3.63) is 35.9 Å². The van der Waals surface area contributed by atoms with Gasteiger partial charge in [0.05, 0.1) is 5.75 Å². The summed E-state index contributed by atoms with van der Waals surface area (Å²) in [6.07, 6.45) is 1.52. The summed E-state index contributed by atoms with van der Waals surface area (Å²) >= 11 is 0. The topological polar surface area (TPSA) is 55.4 Å². The minimum atomic E-state index is -3.24. The first-order chi connectivity index (χ1) is 8.16. The van der Waals surface area contributed by atoms with E-state index in [1.807, 2.05) is 30.3 Å². The predicted octanol–water partition coefficient (Wildman–Crippen LogP) is 1.29. The van der Waals surface area contributed by atoms with Crippen LogP contribution < -0.4 is 4.72 Å². The van der Waals surface area contributed by atoms with E-state index >= 15 is 0 Å². The average Bonchev–Trinajstić information content (AvgIpc) is 2.30. The van der Waals surface area contributed by atoms with Crippen LogP contribution in [0.25, 0.3) is 0 Å². The number of hydrogen-bond donors (Lipinski definition) is 1. The third-order valence-electron chi connectivity index (χ3n) is 2.77. The molecule has 0 unspecified atom stereocenters. The van der Waals surface area contributed by atoms with Gasteiger partial charge in [-0.15, -0.1) is 0 Å². The van der Waals surface area contributed by atoms with Crippen molar-refractivity contribution in [3.63, 3.8) is 0 Å². The lowest BCUT2D eigenvalue weighted by Crippen LogP contribution is -2.39. The summed E-state index contributed by atoms with van der Waals surface area (Å²) in [5.41, 5.74) is 0.812. The Hall–Kier alpha value is -0.910. The molecular formula is C12H17NO3S. The highest BCUT2D eigenvalue weighted by molar-refractivity contribution is 7.88. The van der Waals surface area contributed by atoms with Crippen LogP contribution in [0.2, 0.25) is 0 Å². The fourth-order valence-electron chi connectivity index (χ4n) is 1.90. The number of ether oxygens (including phenoxy) is 1. The van der Waals surface area contributed by atoms with Crippen molar-refractivity contribution in [2.24, 2.45) is 0 Å². The molecule has 4 nitrogen and oxygen atoms in total. The number of benzene rings is 1. The van der Waals surface area contributed by atoms with Gasteiger partial charge in [0.1, 0.15) is 0 Å². The van der Waals surface area contributed by atoms with E-state index in [4.69, 9.17) is 4.74 Å². The second-order valence-electron chi connectivity index (χ2n) is 4.25. The van der Waals surface area contributed by atoms with Crippen LogP contribution in [-0.4, -0.2) is 27.7 Å². The van der Waals surface area contributed by atoms with Gasteiger partial charge in [-0.1, -0.05) is 30.3 Å². The van der Waals surface area contributed by atoms with Crippen molar-refractivity contribution in [2.45, 2.75) is 24.6 Å². The Morgan fingerprint density at radius 2 is 1.82 bits per heavy atom. The van der Waals surface area contributed by atoms with E-state index in [-0.39, 0.29) is 11.8 Å². The molecule has 1 saturated heterocycles. The molecule has 0 aliphatic carbocycles. The van der Waals surface area contributed by atoms with Crippen LogP contribution >= 0.6 is 0 Å². The highest BCUT2D eigenvalue weighted by atomic mass is 32.2. The minimum absolute atomic E-state index is 0.0254. The third kappa shape index (κ3) is 4.11. The lowest BCUT2D eigenvalue weighted by molar-refractivity contribution is 0.0832. The van der Waals surface area contributed by atoms with Crippen molar-refractivity contribution in [3.8, 4) is 0 Å². The number of rotatable bonds is 4. The molecule has 0 atom stereocenters. The van der Waals surface area contributed by atoms with Crippen LogP contribution in [0.5, 0.6) is 0 Å². The van der Waals surface area contributed by atoms with Gasteiger partial charge < -0.3 is 4.74 Å². The highest BCUT2D eigenvalue weighted by Crippen LogP contribution is 2.10. The second kappa shape index (κ2) is 5.62. The van der Waals surface area contributed by atoms with E-state index < -0.39 is 10.0 Å². The number of hydrogen-bond acceptors (Lipinski definition) is 3. The average molecular weight is 255 g/mol. The Morgan fingerprint density at radius 1 is 1.18 bits per heavy atom. The Bertz CT molecular complexity index is 438. The lowest BCUT2D eigenvalue weighted by Gasteiger charge is -2.22. The molecule has 0 saturated carbocycles. The molecule has 1 fully saturated rings. The van der Waals surface area contributed by atoms with Crippen molar-refractivity contribution in [1.82, 2.24) is 4.72 Å². The molecule has 5 heteroatoms. The summed E-state index contributed by atoms with van der Waals surface area (Å²) in [6, 6.07) is 9.24. The maximum absolute atomic E-state index is 11.9. The number of sulfonamides is 1. The smallest absolute Gasteiger partial charge is 0.216 e. The van der Waals surface area contributed by atoms with E-state index in [1.54, 1.807) is 0 Å². The van der Waals surface area contributed by atoms with Gasteiger partial charge in [-0.05, 0) is 18.4 Å². The zero-order chi connectivity index (χ0) is 12.1. The standard InChI is InChI=1S/C12H17NO3S/c14-17(15,10-11-4-2-1-3-5-11)13-12-6-8-16-9-7-12/h1-5,12-13H,6-10H2. The SMILES string of the molecule is O=S(=O)(Cc1ccccc1)NC1CCOCC1. The van der Waals surface area contributed by atoms with Crippen LogP contribution in [0.15, 0.2) is 30.3 Å². The van der Waals surface area contributed by atoms with E-state index in [0.29, 0.717) is 13.2 Å².